The Kier molecular flexibility index (Phi) is 8.62. The predicted molar refractivity (Wildman–Crippen MR) is 106 cm³/mol. The first-order valence-corrected chi connectivity index (χ1v) is 7.66. The lowest BCUT2D eigenvalue weighted by atomic mass is 10.1. The highest BCUT2D eigenvalue weighted by molar-refractivity contribution is 14.0. The Morgan fingerprint density at radius 2 is 2.04 bits per heavy atom. The quantitative estimate of drug-likeness (QED) is 0.371. The zero-order chi connectivity index (χ0) is 18.3. The smallest absolute Gasteiger partial charge is 0.422 e. The topological polar surface area (TPSA) is 72.5 Å². The van der Waals surface area contributed by atoms with Crippen molar-refractivity contribution in [3.05, 3.63) is 53.7 Å². The minimum Gasteiger partial charge on any atom is -0.468 e. The highest BCUT2D eigenvalue weighted by Crippen LogP contribution is 2.20. The monoisotopic (exact) mass is 480 g/mol. The summed E-state index contributed by atoms with van der Waals surface area (Å²) in [6.07, 6.45) is -2.18. The van der Waals surface area contributed by atoms with Gasteiger partial charge in [-0.3, -0.25) is 0 Å². The van der Waals surface area contributed by atoms with E-state index in [0.29, 0.717) is 5.56 Å². The van der Waals surface area contributed by atoms with Crippen LogP contribution in [0.1, 0.15) is 18.1 Å². The van der Waals surface area contributed by atoms with E-state index >= 15 is 0 Å². The number of hydrogen-bond donors (Lipinski definition) is 2. The van der Waals surface area contributed by atoms with E-state index in [9.17, 15) is 13.2 Å². The van der Waals surface area contributed by atoms with Crippen molar-refractivity contribution in [2.45, 2.75) is 26.1 Å². The van der Waals surface area contributed by atoms with E-state index in [4.69, 9.17) is 10.5 Å². The van der Waals surface area contributed by atoms with Crippen molar-refractivity contribution in [1.82, 2.24) is 4.98 Å². The van der Waals surface area contributed by atoms with Gasteiger partial charge in [-0.1, -0.05) is 25.1 Å². The molecule has 0 unspecified atom stereocenters. The molecule has 1 heterocycles. The van der Waals surface area contributed by atoms with Crippen molar-refractivity contribution < 1.29 is 17.9 Å². The number of halogens is 4. The summed E-state index contributed by atoms with van der Waals surface area (Å²) in [6, 6.07) is 10.9. The van der Waals surface area contributed by atoms with Crippen LogP contribution in [-0.4, -0.2) is 23.7 Å². The lowest BCUT2D eigenvalue weighted by Crippen LogP contribution is -2.23. The van der Waals surface area contributed by atoms with E-state index in [2.05, 4.69) is 15.3 Å². The molecule has 5 nitrogen and oxygen atoms in total. The van der Waals surface area contributed by atoms with Crippen LogP contribution in [0, 0.1) is 0 Å². The largest absolute Gasteiger partial charge is 0.468 e. The number of pyridine rings is 1. The lowest BCUT2D eigenvalue weighted by Gasteiger charge is -2.11. The number of nitrogens with one attached hydrogen (secondary N) is 1. The fourth-order valence-electron chi connectivity index (χ4n) is 2.05. The summed E-state index contributed by atoms with van der Waals surface area (Å²) in [6.45, 7) is 0.688. The number of aryl methyl sites for hydroxylation is 1. The van der Waals surface area contributed by atoms with Crippen molar-refractivity contribution >= 4 is 35.6 Å². The second-order valence-corrected chi connectivity index (χ2v) is 5.25. The Morgan fingerprint density at radius 1 is 1.27 bits per heavy atom. The molecule has 2 rings (SSSR count). The van der Waals surface area contributed by atoms with Crippen molar-refractivity contribution in [2.24, 2.45) is 10.7 Å². The predicted octanol–water partition coefficient (Wildman–Crippen LogP) is 4.13. The molecule has 0 atom stereocenters. The van der Waals surface area contributed by atoms with Crippen LogP contribution in [0.15, 0.2) is 47.6 Å². The van der Waals surface area contributed by atoms with Gasteiger partial charge in [0.05, 0.1) is 6.54 Å². The van der Waals surface area contributed by atoms with Gasteiger partial charge in [0.25, 0.3) is 0 Å². The minimum absolute atomic E-state index is 0. The number of aromatic nitrogens is 1. The molecule has 1 aromatic carbocycles. The third kappa shape index (κ3) is 7.46. The van der Waals surface area contributed by atoms with E-state index in [0.717, 1.165) is 17.7 Å². The number of rotatable bonds is 6. The summed E-state index contributed by atoms with van der Waals surface area (Å²) in [5, 5.41) is 2.95. The van der Waals surface area contributed by atoms with Gasteiger partial charge in [-0.25, -0.2) is 9.98 Å². The Labute approximate surface area is 166 Å². The summed E-state index contributed by atoms with van der Waals surface area (Å²) in [5.74, 6) is 0.0447. The molecule has 2 aromatic rings. The van der Waals surface area contributed by atoms with Crippen LogP contribution in [0.2, 0.25) is 0 Å². The highest BCUT2D eigenvalue weighted by Gasteiger charge is 2.29. The number of benzene rings is 1. The molecule has 26 heavy (non-hydrogen) atoms. The molecule has 3 N–H and O–H groups in total. The third-order valence-corrected chi connectivity index (χ3v) is 3.25. The van der Waals surface area contributed by atoms with Gasteiger partial charge in [-0.2, -0.15) is 13.2 Å². The van der Waals surface area contributed by atoms with E-state index in [1.54, 1.807) is 12.1 Å². The molecule has 142 valence electrons. The molecule has 0 saturated heterocycles. The van der Waals surface area contributed by atoms with Crippen LogP contribution in [0.4, 0.5) is 18.9 Å². The van der Waals surface area contributed by atoms with Gasteiger partial charge in [0.1, 0.15) is 0 Å². The van der Waals surface area contributed by atoms with Crippen LogP contribution in [0.5, 0.6) is 5.88 Å². The van der Waals surface area contributed by atoms with Crippen LogP contribution in [0.3, 0.4) is 0 Å². The van der Waals surface area contributed by atoms with Gasteiger partial charge in [0, 0.05) is 17.4 Å². The van der Waals surface area contributed by atoms with Gasteiger partial charge < -0.3 is 15.8 Å². The maximum absolute atomic E-state index is 12.3. The van der Waals surface area contributed by atoms with Crippen molar-refractivity contribution in [1.29, 1.82) is 0 Å². The van der Waals surface area contributed by atoms with Crippen LogP contribution >= 0.6 is 24.0 Å². The molecule has 0 bridgehead atoms. The average Bonchev–Trinajstić information content (AvgIpc) is 2.58. The second-order valence-electron chi connectivity index (χ2n) is 5.25. The van der Waals surface area contributed by atoms with E-state index in [-0.39, 0.29) is 42.4 Å². The first-order valence-electron chi connectivity index (χ1n) is 7.66. The Balaban J connectivity index is 0.00000338. The Morgan fingerprint density at radius 3 is 2.73 bits per heavy atom. The van der Waals surface area contributed by atoms with Crippen molar-refractivity contribution in [3.8, 4) is 5.88 Å². The normalized spacial score (nSPS) is 11.6. The Hall–Kier alpha value is -2.04. The fraction of sp³-hybridized carbons (Fsp3) is 0.294. The Bertz CT molecular complexity index is 738. The first-order chi connectivity index (χ1) is 11.9. The number of ether oxygens (including phenoxy) is 1. The molecule has 9 heteroatoms. The number of alkyl halides is 3. The second kappa shape index (κ2) is 10.2. The minimum atomic E-state index is -4.43. The number of nitrogens with two attached hydrogens (primary N) is 1. The number of guanidine groups is 1. The summed E-state index contributed by atoms with van der Waals surface area (Å²) < 4.78 is 41.6. The molecule has 0 amide bonds. The number of anilines is 1. The van der Waals surface area contributed by atoms with Gasteiger partial charge in [0.2, 0.25) is 5.88 Å². The van der Waals surface area contributed by atoms with Crippen LogP contribution in [0.25, 0.3) is 0 Å². The van der Waals surface area contributed by atoms with Crippen molar-refractivity contribution in [3.63, 3.8) is 0 Å². The zero-order valence-electron chi connectivity index (χ0n) is 14.1. The molecule has 0 aliphatic rings. The molecule has 0 fully saturated rings. The lowest BCUT2D eigenvalue weighted by molar-refractivity contribution is -0.154. The molecule has 0 aliphatic carbocycles. The van der Waals surface area contributed by atoms with E-state index in [1.807, 2.05) is 31.2 Å². The van der Waals surface area contributed by atoms with Gasteiger partial charge in [-0.05, 0) is 30.2 Å². The summed E-state index contributed by atoms with van der Waals surface area (Å²) >= 11 is 0. The number of aliphatic imine (C=N–C) groups is 1. The molecule has 0 radical (unpaired) electrons. The summed E-state index contributed by atoms with van der Waals surface area (Å²) in [7, 11) is 0. The van der Waals surface area contributed by atoms with Gasteiger partial charge in [-0.15, -0.1) is 24.0 Å². The average molecular weight is 480 g/mol. The van der Waals surface area contributed by atoms with E-state index in [1.165, 1.54) is 6.20 Å². The van der Waals surface area contributed by atoms with Gasteiger partial charge >= 0.3 is 6.18 Å². The number of hydrogen-bond acceptors (Lipinski definition) is 3. The molecule has 0 saturated carbocycles. The van der Waals surface area contributed by atoms with Gasteiger partial charge in [0.15, 0.2) is 12.6 Å². The maximum Gasteiger partial charge on any atom is 0.422 e. The molecular formula is C17H20F3IN4O. The van der Waals surface area contributed by atoms with Crippen molar-refractivity contribution in [2.75, 3.05) is 11.9 Å². The highest BCUT2D eigenvalue weighted by atomic mass is 127. The fourth-order valence-corrected chi connectivity index (χ4v) is 2.05. The maximum atomic E-state index is 12.3. The van der Waals surface area contributed by atoms with E-state index < -0.39 is 12.8 Å². The SMILES string of the molecule is CCc1cccc(NC(N)=NCc2cccnc2OCC(F)(F)F)c1.I. The molecule has 0 aliphatic heterocycles. The standard InChI is InChI=1S/C17H19F3N4O.HI/c1-2-12-5-3-7-14(9-12)24-16(21)23-10-13-6-4-8-22-15(13)25-11-17(18,19)20;/h3-9H,2,10-11H2,1H3,(H3,21,23,24);1H. The van der Waals surface area contributed by atoms with Crippen LogP contribution < -0.4 is 15.8 Å². The number of nitrogens with zero attached hydrogens (tertiary/aromatic N) is 2. The summed E-state index contributed by atoms with van der Waals surface area (Å²) in [5.41, 5.74) is 8.19. The third-order valence-electron chi connectivity index (χ3n) is 3.25. The zero-order valence-corrected chi connectivity index (χ0v) is 16.4. The molecule has 1 aromatic heterocycles. The molecule has 0 spiro atoms. The van der Waals surface area contributed by atoms with Crippen LogP contribution in [-0.2, 0) is 13.0 Å². The summed E-state index contributed by atoms with van der Waals surface area (Å²) in [4.78, 5) is 7.95. The first kappa shape index (κ1) is 22.0. The molecular weight excluding hydrogens is 460 g/mol.